The second-order valence-electron chi connectivity index (χ2n) is 4.78. The van der Waals surface area contributed by atoms with Gasteiger partial charge in [0.15, 0.2) is 0 Å². The van der Waals surface area contributed by atoms with E-state index in [0.29, 0.717) is 19.5 Å². The molecule has 0 aliphatic carbocycles. The van der Waals surface area contributed by atoms with E-state index in [1.165, 1.54) is 6.92 Å². The lowest BCUT2D eigenvalue weighted by Crippen LogP contribution is -2.39. The Morgan fingerprint density at radius 1 is 1.12 bits per heavy atom. The van der Waals surface area contributed by atoms with Gasteiger partial charge in [-0.2, -0.15) is 0 Å². The Balaban J connectivity index is 4.00. The molecule has 0 atom stereocenters. The van der Waals surface area contributed by atoms with E-state index in [4.69, 9.17) is 0 Å². The van der Waals surface area contributed by atoms with Crippen LogP contribution in [0.4, 0.5) is 0 Å². The third-order valence-corrected chi connectivity index (χ3v) is 2.32. The van der Waals surface area contributed by atoms with Gasteiger partial charge in [0.1, 0.15) is 0 Å². The maximum atomic E-state index is 11.5. The van der Waals surface area contributed by atoms with Gasteiger partial charge in [0, 0.05) is 39.0 Å². The number of hydrogen-bond donors (Lipinski definition) is 1. The summed E-state index contributed by atoms with van der Waals surface area (Å²) in [6.07, 6.45) is 0.366. The third-order valence-electron chi connectivity index (χ3n) is 2.32. The minimum Gasteiger partial charge on any atom is -0.354 e. The maximum absolute atomic E-state index is 11.5. The Bertz CT molecular complexity index is 252. The molecule has 0 saturated heterocycles. The van der Waals surface area contributed by atoms with Crippen LogP contribution in [0.5, 0.6) is 0 Å². The summed E-state index contributed by atoms with van der Waals surface area (Å²) in [5, 5.41) is 2.81. The van der Waals surface area contributed by atoms with Crippen LogP contribution >= 0.6 is 0 Å². The second kappa shape index (κ2) is 8.06. The van der Waals surface area contributed by atoms with E-state index in [1.54, 1.807) is 4.90 Å². The van der Waals surface area contributed by atoms with Gasteiger partial charge in [-0.25, -0.2) is 0 Å². The van der Waals surface area contributed by atoms with Crippen molar-refractivity contribution in [2.45, 2.75) is 33.2 Å². The number of likely N-dealkylation sites (N-methyl/N-ethyl adjacent to an activating group) is 1. The van der Waals surface area contributed by atoms with Gasteiger partial charge >= 0.3 is 0 Å². The highest BCUT2D eigenvalue weighted by atomic mass is 16.2. The predicted octanol–water partition coefficient (Wildman–Crippen LogP) is 0.311. The van der Waals surface area contributed by atoms with Gasteiger partial charge in [-0.15, -0.1) is 0 Å². The highest BCUT2D eigenvalue weighted by Crippen LogP contribution is 1.94. The van der Waals surface area contributed by atoms with Gasteiger partial charge in [-0.1, -0.05) is 0 Å². The number of rotatable bonds is 7. The molecule has 0 aromatic carbocycles. The Morgan fingerprint density at radius 2 is 1.71 bits per heavy atom. The zero-order chi connectivity index (χ0) is 13.4. The molecule has 0 spiro atoms. The van der Waals surface area contributed by atoms with Crippen molar-refractivity contribution in [2.24, 2.45) is 0 Å². The minimum atomic E-state index is -0.00361. The topological polar surface area (TPSA) is 52.7 Å². The number of hydrogen-bond acceptors (Lipinski definition) is 3. The molecule has 0 saturated carbocycles. The Kier molecular flexibility index (Phi) is 7.54. The van der Waals surface area contributed by atoms with E-state index < -0.39 is 0 Å². The first-order valence-electron chi connectivity index (χ1n) is 6.02. The third kappa shape index (κ3) is 8.68. The van der Waals surface area contributed by atoms with E-state index >= 15 is 0 Å². The molecule has 0 aliphatic heterocycles. The van der Waals surface area contributed by atoms with Gasteiger partial charge < -0.3 is 15.1 Å². The molecule has 5 nitrogen and oxygen atoms in total. The lowest BCUT2D eigenvalue weighted by molar-refractivity contribution is -0.129. The van der Waals surface area contributed by atoms with E-state index in [9.17, 15) is 9.59 Å². The van der Waals surface area contributed by atoms with E-state index in [-0.39, 0.29) is 17.9 Å². The van der Waals surface area contributed by atoms with Crippen molar-refractivity contribution in [1.82, 2.24) is 15.1 Å². The Hall–Kier alpha value is -1.10. The highest BCUT2D eigenvalue weighted by Gasteiger charge is 2.11. The van der Waals surface area contributed by atoms with Crippen molar-refractivity contribution in [3.05, 3.63) is 0 Å². The van der Waals surface area contributed by atoms with Gasteiger partial charge in [0.25, 0.3) is 0 Å². The Labute approximate surface area is 104 Å². The zero-order valence-electron chi connectivity index (χ0n) is 11.6. The quantitative estimate of drug-likeness (QED) is 0.700. The molecular weight excluding hydrogens is 218 g/mol. The van der Waals surface area contributed by atoms with Crippen LogP contribution in [0.25, 0.3) is 0 Å². The summed E-state index contributed by atoms with van der Waals surface area (Å²) in [6, 6.07) is 0.148. The van der Waals surface area contributed by atoms with Crippen molar-refractivity contribution in [1.29, 1.82) is 0 Å². The van der Waals surface area contributed by atoms with E-state index in [2.05, 4.69) is 5.32 Å². The molecule has 2 amide bonds. The molecule has 0 bridgehead atoms. The standard InChI is InChI=1S/C12H25N3O2/c1-10(2)13-12(17)6-7-15(11(3)16)9-8-14(4)5/h10H,6-9H2,1-5H3,(H,13,17). The monoisotopic (exact) mass is 243 g/mol. The summed E-state index contributed by atoms with van der Waals surface area (Å²) in [5.74, 6) is 0.0142. The molecule has 0 rings (SSSR count). The van der Waals surface area contributed by atoms with Crippen LogP contribution in [-0.2, 0) is 9.59 Å². The number of carbonyl (C=O) groups is 2. The molecular formula is C12H25N3O2. The average Bonchev–Trinajstić information content (AvgIpc) is 2.15. The number of carbonyl (C=O) groups excluding carboxylic acids is 2. The van der Waals surface area contributed by atoms with Crippen LogP contribution in [0, 0.1) is 0 Å². The van der Waals surface area contributed by atoms with Crippen molar-refractivity contribution in [2.75, 3.05) is 33.7 Å². The molecule has 0 radical (unpaired) electrons. The SMILES string of the molecule is CC(=O)N(CCC(=O)NC(C)C)CCN(C)C. The van der Waals surface area contributed by atoms with Gasteiger partial charge in [-0.05, 0) is 27.9 Å². The summed E-state index contributed by atoms with van der Waals surface area (Å²) in [4.78, 5) is 26.6. The molecule has 0 aromatic heterocycles. The first-order valence-corrected chi connectivity index (χ1v) is 6.02. The van der Waals surface area contributed by atoms with E-state index in [0.717, 1.165) is 6.54 Å². The summed E-state index contributed by atoms with van der Waals surface area (Å²) in [6.45, 7) is 7.35. The largest absolute Gasteiger partial charge is 0.354 e. The molecule has 0 aliphatic rings. The molecule has 17 heavy (non-hydrogen) atoms. The second-order valence-corrected chi connectivity index (χ2v) is 4.78. The fraction of sp³-hybridized carbons (Fsp3) is 0.833. The number of nitrogens with one attached hydrogen (secondary N) is 1. The van der Waals surface area contributed by atoms with Crippen molar-refractivity contribution in [3.8, 4) is 0 Å². The van der Waals surface area contributed by atoms with Crippen LogP contribution in [-0.4, -0.2) is 61.4 Å². The van der Waals surface area contributed by atoms with Crippen LogP contribution in [0.3, 0.4) is 0 Å². The van der Waals surface area contributed by atoms with Crippen LogP contribution in [0.2, 0.25) is 0 Å². The fourth-order valence-electron chi connectivity index (χ4n) is 1.38. The summed E-state index contributed by atoms with van der Waals surface area (Å²) >= 11 is 0. The summed E-state index contributed by atoms with van der Waals surface area (Å²) < 4.78 is 0. The van der Waals surface area contributed by atoms with E-state index in [1.807, 2.05) is 32.8 Å². The average molecular weight is 243 g/mol. The van der Waals surface area contributed by atoms with Crippen LogP contribution in [0.1, 0.15) is 27.2 Å². The lowest BCUT2D eigenvalue weighted by Gasteiger charge is -2.23. The molecule has 5 heteroatoms. The first-order chi connectivity index (χ1) is 7.82. The molecule has 0 fully saturated rings. The summed E-state index contributed by atoms with van der Waals surface area (Å²) in [7, 11) is 3.92. The Morgan fingerprint density at radius 3 is 2.12 bits per heavy atom. The smallest absolute Gasteiger partial charge is 0.221 e. The van der Waals surface area contributed by atoms with Crippen molar-refractivity contribution >= 4 is 11.8 Å². The fourth-order valence-corrected chi connectivity index (χ4v) is 1.38. The van der Waals surface area contributed by atoms with Crippen LogP contribution in [0.15, 0.2) is 0 Å². The van der Waals surface area contributed by atoms with Gasteiger partial charge in [-0.3, -0.25) is 9.59 Å². The van der Waals surface area contributed by atoms with Crippen LogP contribution < -0.4 is 5.32 Å². The molecule has 1 N–H and O–H groups in total. The maximum Gasteiger partial charge on any atom is 0.221 e. The van der Waals surface area contributed by atoms with Gasteiger partial charge in [0.2, 0.25) is 11.8 Å². The highest BCUT2D eigenvalue weighted by molar-refractivity contribution is 5.78. The predicted molar refractivity (Wildman–Crippen MR) is 68.7 cm³/mol. The molecule has 0 heterocycles. The number of nitrogens with zero attached hydrogens (tertiary/aromatic N) is 2. The molecule has 0 unspecified atom stereocenters. The van der Waals surface area contributed by atoms with Crippen molar-refractivity contribution < 1.29 is 9.59 Å². The first kappa shape index (κ1) is 15.9. The zero-order valence-corrected chi connectivity index (χ0v) is 11.6. The van der Waals surface area contributed by atoms with Gasteiger partial charge in [0.05, 0.1) is 0 Å². The number of amides is 2. The lowest BCUT2D eigenvalue weighted by atomic mass is 10.3. The normalized spacial score (nSPS) is 10.8. The molecule has 0 aromatic rings. The summed E-state index contributed by atoms with van der Waals surface area (Å²) in [5.41, 5.74) is 0. The molecule has 100 valence electrons. The minimum absolute atomic E-state index is 0.00361. The van der Waals surface area contributed by atoms with Crippen molar-refractivity contribution in [3.63, 3.8) is 0 Å².